The van der Waals surface area contributed by atoms with Gasteiger partial charge in [0.25, 0.3) is 5.91 Å². The molecule has 224 valence electrons. The Hall–Kier alpha value is -5.67. The number of carboxylic acids is 2. The monoisotopic (exact) mass is 593 g/mol. The molecule has 0 saturated carbocycles. The van der Waals surface area contributed by atoms with Crippen LogP contribution in [0.4, 0.5) is 24.5 Å². The number of aromatic carboxylic acids is 1. The lowest BCUT2D eigenvalue weighted by Crippen LogP contribution is -2.37. The minimum atomic E-state index is -5.08. The van der Waals surface area contributed by atoms with E-state index in [2.05, 4.69) is 16.2 Å². The summed E-state index contributed by atoms with van der Waals surface area (Å²) in [6.45, 7) is 0. The molecule has 1 unspecified atom stereocenters. The van der Waals surface area contributed by atoms with E-state index in [9.17, 15) is 33.0 Å². The van der Waals surface area contributed by atoms with E-state index < -0.39 is 30.1 Å². The highest BCUT2D eigenvalue weighted by atomic mass is 19.4. The fourth-order valence-corrected chi connectivity index (χ4v) is 3.27. The van der Waals surface area contributed by atoms with Gasteiger partial charge in [0, 0.05) is 11.3 Å². The van der Waals surface area contributed by atoms with Crippen LogP contribution in [0, 0.1) is 5.41 Å². The van der Waals surface area contributed by atoms with Crippen molar-refractivity contribution in [3.63, 3.8) is 0 Å². The first-order chi connectivity index (χ1) is 19.7. The summed E-state index contributed by atoms with van der Waals surface area (Å²) in [4.78, 5) is 33.6. The van der Waals surface area contributed by atoms with Crippen molar-refractivity contribution in [1.82, 2.24) is 5.43 Å². The lowest BCUT2D eigenvalue weighted by atomic mass is 10.0. The van der Waals surface area contributed by atoms with Gasteiger partial charge in [-0.2, -0.15) is 13.2 Å². The maximum absolute atomic E-state index is 13.3. The Kier molecular flexibility index (Phi) is 10.9. The third kappa shape index (κ3) is 8.67. The van der Waals surface area contributed by atoms with Crippen molar-refractivity contribution in [3.8, 4) is 17.2 Å². The maximum atomic E-state index is 13.3. The molecule has 0 bridgehead atoms. The van der Waals surface area contributed by atoms with E-state index in [1.807, 2.05) is 0 Å². The number of amides is 1. The number of hydrazine groups is 1. The van der Waals surface area contributed by atoms with Gasteiger partial charge in [-0.3, -0.25) is 21.1 Å². The van der Waals surface area contributed by atoms with Gasteiger partial charge in [-0.05, 0) is 54.1 Å². The summed E-state index contributed by atoms with van der Waals surface area (Å²) in [6.07, 6.45) is -5.08. The van der Waals surface area contributed by atoms with Gasteiger partial charge in [0.05, 0.1) is 25.5 Å². The fourth-order valence-electron chi connectivity index (χ4n) is 3.27. The van der Waals surface area contributed by atoms with Crippen molar-refractivity contribution in [1.29, 1.82) is 5.41 Å². The molecule has 3 aromatic rings. The van der Waals surface area contributed by atoms with Crippen LogP contribution in [0.1, 0.15) is 27.5 Å². The molecular formula is C26H26F3N5O8. The van der Waals surface area contributed by atoms with Crippen molar-refractivity contribution < 1.29 is 52.3 Å². The van der Waals surface area contributed by atoms with Crippen LogP contribution in [0.2, 0.25) is 0 Å². The smallest absolute Gasteiger partial charge is 0.490 e. The summed E-state index contributed by atoms with van der Waals surface area (Å²) in [7, 11) is 2.73. The molecule has 0 aliphatic rings. The quantitative estimate of drug-likeness (QED) is 0.0969. The number of benzene rings is 3. The Balaban J connectivity index is 0.000000782. The molecule has 0 aliphatic heterocycles. The van der Waals surface area contributed by atoms with E-state index >= 15 is 0 Å². The summed E-state index contributed by atoms with van der Waals surface area (Å²) in [5, 5.41) is 37.4. The normalized spacial score (nSPS) is 11.2. The predicted molar refractivity (Wildman–Crippen MR) is 144 cm³/mol. The number of halogens is 3. The van der Waals surface area contributed by atoms with E-state index in [4.69, 9.17) is 30.5 Å². The van der Waals surface area contributed by atoms with Crippen LogP contribution in [-0.2, 0) is 9.59 Å². The number of alkyl halides is 3. The standard InChI is InChI=1S/C24H25N5O6.C2HF3O2/c1-34-18-11-14(12-19(35-2)21(18)30)20(27-15-9-7-13(8-10-15)22(25)26)23(31)29-28-17-6-4-3-5-16(17)24(32)33;3-2(4,5)1(6)7/h3-12,20,27-28,30H,1-2H3,(H3,25,26)(H,29,31)(H,32,33);(H,6,7). The molecule has 0 aliphatic carbocycles. The lowest BCUT2D eigenvalue weighted by Gasteiger charge is -2.22. The number of nitrogens with one attached hydrogen (secondary N) is 4. The Morgan fingerprint density at radius 1 is 0.952 bits per heavy atom. The zero-order valence-corrected chi connectivity index (χ0v) is 21.9. The van der Waals surface area contributed by atoms with Gasteiger partial charge in [-0.15, -0.1) is 0 Å². The number of amidine groups is 1. The summed E-state index contributed by atoms with van der Waals surface area (Å²) >= 11 is 0. The van der Waals surface area contributed by atoms with Crippen LogP contribution < -0.4 is 31.4 Å². The third-order valence-electron chi connectivity index (χ3n) is 5.32. The predicted octanol–water partition coefficient (Wildman–Crippen LogP) is 3.32. The van der Waals surface area contributed by atoms with Crippen molar-refractivity contribution >= 4 is 35.1 Å². The second-order valence-electron chi connectivity index (χ2n) is 8.11. The number of carboxylic acid groups (broad SMARTS) is 2. The number of carbonyl (C=O) groups excluding carboxylic acids is 1. The molecule has 9 N–H and O–H groups in total. The Bertz CT molecular complexity index is 1420. The molecule has 0 heterocycles. The van der Waals surface area contributed by atoms with E-state index in [0.29, 0.717) is 16.8 Å². The number of aromatic hydroxyl groups is 1. The number of phenolic OH excluding ortho intramolecular Hbond substituents is 1. The second kappa shape index (κ2) is 14.1. The lowest BCUT2D eigenvalue weighted by molar-refractivity contribution is -0.192. The second-order valence-corrected chi connectivity index (χ2v) is 8.11. The Labute approximate surface area is 236 Å². The first kappa shape index (κ1) is 32.5. The number of anilines is 2. The van der Waals surface area contributed by atoms with E-state index in [1.165, 1.54) is 38.5 Å². The Morgan fingerprint density at radius 3 is 1.93 bits per heavy atom. The molecule has 13 nitrogen and oxygen atoms in total. The molecule has 3 rings (SSSR count). The SMILES string of the molecule is COc1cc(C(Nc2ccc(C(=N)N)cc2)C(=O)NNc2ccccc2C(=O)O)cc(OC)c1O.O=C(O)C(F)(F)F. The van der Waals surface area contributed by atoms with Crippen LogP contribution in [0.3, 0.4) is 0 Å². The van der Waals surface area contributed by atoms with Crippen LogP contribution in [0.5, 0.6) is 17.2 Å². The minimum Gasteiger partial charge on any atom is -0.502 e. The molecule has 16 heteroatoms. The zero-order valence-electron chi connectivity index (χ0n) is 21.9. The van der Waals surface area contributed by atoms with Gasteiger partial charge in [0.15, 0.2) is 11.5 Å². The minimum absolute atomic E-state index is 0.0231. The number of carbonyl (C=O) groups is 3. The van der Waals surface area contributed by atoms with E-state index in [1.54, 1.807) is 36.4 Å². The van der Waals surface area contributed by atoms with Gasteiger partial charge < -0.3 is 35.8 Å². The van der Waals surface area contributed by atoms with Crippen molar-refractivity contribution in [2.45, 2.75) is 12.2 Å². The van der Waals surface area contributed by atoms with E-state index in [-0.39, 0.29) is 34.3 Å². The van der Waals surface area contributed by atoms with Crippen molar-refractivity contribution in [3.05, 3.63) is 77.4 Å². The van der Waals surface area contributed by atoms with Crippen LogP contribution in [0.25, 0.3) is 0 Å². The number of para-hydroxylation sites is 1. The number of hydrogen-bond acceptors (Lipinski definition) is 9. The molecule has 0 radical (unpaired) electrons. The van der Waals surface area contributed by atoms with Gasteiger partial charge in [0.1, 0.15) is 11.9 Å². The zero-order chi connectivity index (χ0) is 31.6. The van der Waals surface area contributed by atoms with Gasteiger partial charge in [-0.1, -0.05) is 12.1 Å². The Morgan fingerprint density at radius 2 is 1.48 bits per heavy atom. The third-order valence-corrected chi connectivity index (χ3v) is 5.32. The maximum Gasteiger partial charge on any atom is 0.490 e. The molecule has 42 heavy (non-hydrogen) atoms. The summed E-state index contributed by atoms with van der Waals surface area (Å²) in [5.74, 6) is -4.62. The van der Waals surface area contributed by atoms with Gasteiger partial charge >= 0.3 is 18.1 Å². The average molecular weight is 594 g/mol. The fraction of sp³-hybridized carbons (Fsp3) is 0.154. The molecule has 0 saturated heterocycles. The number of phenols is 1. The highest BCUT2D eigenvalue weighted by Crippen LogP contribution is 2.39. The number of ether oxygens (including phenoxy) is 2. The number of nitrogens with two attached hydrogens (primary N) is 1. The molecule has 1 atom stereocenters. The first-order valence-electron chi connectivity index (χ1n) is 11.5. The van der Waals surface area contributed by atoms with E-state index in [0.717, 1.165) is 0 Å². The van der Waals surface area contributed by atoms with Crippen LogP contribution in [0.15, 0.2) is 60.7 Å². The molecular weight excluding hydrogens is 567 g/mol. The number of rotatable bonds is 10. The summed E-state index contributed by atoms with van der Waals surface area (Å²) in [6, 6.07) is 14.6. The highest BCUT2D eigenvalue weighted by molar-refractivity contribution is 5.96. The van der Waals surface area contributed by atoms with Crippen LogP contribution >= 0.6 is 0 Å². The highest BCUT2D eigenvalue weighted by Gasteiger charge is 2.38. The number of nitrogen functional groups attached to an aromatic ring is 1. The molecule has 3 aromatic carbocycles. The number of aliphatic carboxylic acids is 1. The van der Waals surface area contributed by atoms with Crippen molar-refractivity contribution in [2.24, 2.45) is 5.73 Å². The molecule has 0 spiro atoms. The molecule has 0 aromatic heterocycles. The van der Waals surface area contributed by atoms with Gasteiger partial charge in [-0.25, -0.2) is 9.59 Å². The molecule has 0 fully saturated rings. The number of hydrogen-bond donors (Lipinski definition) is 8. The van der Waals surface area contributed by atoms with Gasteiger partial charge in [0.2, 0.25) is 5.75 Å². The first-order valence-corrected chi connectivity index (χ1v) is 11.5. The molecule has 1 amide bonds. The van der Waals surface area contributed by atoms with Crippen LogP contribution in [-0.4, -0.2) is 59.4 Å². The average Bonchev–Trinajstić information content (AvgIpc) is 2.95. The number of methoxy groups -OCH3 is 2. The largest absolute Gasteiger partial charge is 0.502 e. The topological polar surface area (TPSA) is 216 Å². The van der Waals surface area contributed by atoms with Crippen molar-refractivity contribution in [2.75, 3.05) is 25.0 Å². The summed E-state index contributed by atoms with van der Waals surface area (Å²) < 4.78 is 42.2. The summed E-state index contributed by atoms with van der Waals surface area (Å²) in [5.41, 5.74) is 12.3.